The molecule has 6 heteroatoms. The van der Waals surface area contributed by atoms with Crippen LogP contribution >= 0.6 is 0 Å². The fraction of sp³-hybridized carbons (Fsp3) is 0.538. The predicted octanol–water partition coefficient (Wildman–Crippen LogP) is 4.08. The van der Waals surface area contributed by atoms with Crippen molar-refractivity contribution in [1.29, 1.82) is 0 Å². The minimum atomic E-state index is -0.363. The molecule has 2 amide bonds. The van der Waals surface area contributed by atoms with Gasteiger partial charge in [0.15, 0.2) is 0 Å². The second kappa shape index (κ2) is 8.07. The lowest BCUT2D eigenvalue weighted by Crippen LogP contribution is -2.43. The maximum Gasteiger partial charge on any atom is 0.252 e. The molecule has 0 spiro atoms. The van der Waals surface area contributed by atoms with E-state index in [2.05, 4.69) is 30.1 Å². The first-order valence-electron chi connectivity index (χ1n) is 11.8. The van der Waals surface area contributed by atoms with Crippen molar-refractivity contribution in [3.05, 3.63) is 52.8 Å². The molecule has 5 atom stereocenters. The first-order chi connectivity index (χ1) is 15.4. The molecule has 1 aliphatic heterocycles. The third-order valence-corrected chi connectivity index (χ3v) is 7.97. The van der Waals surface area contributed by atoms with Gasteiger partial charge >= 0.3 is 0 Å². The van der Waals surface area contributed by atoms with Gasteiger partial charge in [-0.1, -0.05) is 25.5 Å². The molecule has 1 saturated carbocycles. The number of fused-ring (bicyclic) bond motifs is 6. The van der Waals surface area contributed by atoms with Crippen molar-refractivity contribution in [2.24, 2.45) is 17.8 Å². The first kappa shape index (κ1) is 21.3. The fourth-order valence-corrected chi connectivity index (χ4v) is 6.42. The van der Waals surface area contributed by atoms with Crippen LogP contribution in [0.1, 0.15) is 67.0 Å². The number of H-pyrrole nitrogens is 1. The van der Waals surface area contributed by atoms with Crippen LogP contribution in [0.15, 0.2) is 30.3 Å². The Morgan fingerprint density at radius 2 is 1.88 bits per heavy atom. The maximum absolute atomic E-state index is 13.5. The van der Waals surface area contributed by atoms with Gasteiger partial charge in [0.05, 0.1) is 18.9 Å². The highest BCUT2D eigenvalue weighted by molar-refractivity contribution is 6.08. The number of ether oxygens (including phenoxy) is 1. The molecule has 1 aromatic carbocycles. The molecule has 6 nitrogen and oxygen atoms in total. The van der Waals surface area contributed by atoms with E-state index in [-0.39, 0.29) is 29.6 Å². The van der Waals surface area contributed by atoms with E-state index >= 15 is 0 Å². The number of hydrogen-bond donors (Lipinski definition) is 1. The molecule has 3 aliphatic rings. The van der Waals surface area contributed by atoms with Crippen LogP contribution < -0.4 is 4.74 Å². The Labute approximate surface area is 189 Å². The zero-order valence-corrected chi connectivity index (χ0v) is 19.4. The summed E-state index contributed by atoms with van der Waals surface area (Å²) in [6.07, 6.45) is 5.23. The number of amides is 2. The average molecular weight is 436 g/mol. The van der Waals surface area contributed by atoms with Crippen LogP contribution in [0, 0.1) is 17.8 Å². The van der Waals surface area contributed by atoms with Crippen LogP contribution in [0.3, 0.4) is 0 Å². The first-order valence-corrected chi connectivity index (χ1v) is 11.8. The molecule has 5 rings (SSSR count). The molecule has 2 fully saturated rings. The van der Waals surface area contributed by atoms with Crippen molar-refractivity contribution in [2.75, 3.05) is 21.2 Å². The number of carbonyl (C=O) groups excluding carboxylic acids is 2. The molecule has 32 heavy (non-hydrogen) atoms. The fourth-order valence-electron chi connectivity index (χ4n) is 6.42. The summed E-state index contributed by atoms with van der Waals surface area (Å²) in [4.78, 5) is 30.6. The number of nitrogens with one attached hydrogen (secondary N) is 1. The summed E-state index contributed by atoms with van der Waals surface area (Å²) in [7, 11) is 5.24. The van der Waals surface area contributed by atoms with Gasteiger partial charge in [-0.2, -0.15) is 0 Å². The molecule has 2 aliphatic carbocycles. The Hall–Kier alpha value is -2.60. The number of aromatic amines is 1. The number of hydrazine groups is 1. The summed E-state index contributed by atoms with van der Waals surface area (Å²) in [5.74, 6) is 1.37. The summed E-state index contributed by atoms with van der Waals surface area (Å²) >= 11 is 0. The van der Waals surface area contributed by atoms with Crippen molar-refractivity contribution < 1.29 is 14.3 Å². The molecule has 1 aromatic heterocycles. The third kappa shape index (κ3) is 3.27. The number of methoxy groups -OCH3 is 1. The van der Waals surface area contributed by atoms with Gasteiger partial charge in [0.25, 0.3) is 5.91 Å². The second-order valence-corrected chi connectivity index (χ2v) is 9.89. The predicted molar refractivity (Wildman–Crippen MR) is 122 cm³/mol. The quantitative estimate of drug-likeness (QED) is 0.719. The lowest BCUT2D eigenvalue weighted by Gasteiger charge is -2.43. The molecule has 2 heterocycles. The number of rotatable bonds is 5. The van der Waals surface area contributed by atoms with E-state index in [4.69, 9.17) is 4.74 Å². The smallest absolute Gasteiger partial charge is 0.252 e. The average Bonchev–Trinajstić information content (AvgIpc) is 3.32. The molecule has 0 radical (unpaired) electrons. The van der Waals surface area contributed by atoms with Crippen molar-refractivity contribution >= 4 is 11.8 Å². The lowest BCUT2D eigenvalue weighted by atomic mass is 9.59. The van der Waals surface area contributed by atoms with E-state index in [0.29, 0.717) is 11.8 Å². The van der Waals surface area contributed by atoms with Gasteiger partial charge in [0.2, 0.25) is 5.91 Å². The van der Waals surface area contributed by atoms with Crippen LogP contribution in [0.4, 0.5) is 0 Å². The van der Waals surface area contributed by atoms with Gasteiger partial charge in [-0.15, -0.1) is 0 Å². The Kier molecular flexibility index (Phi) is 5.36. The zero-order valence-electron chi connectivity index (χ0n) is 19.4. The molecule has 1 unspecified atom stereocenters. The molecule has 2 aromatic rings. The van der Waals surface area contributed by atoms with E-state index in [1.54, 1.807) is 26.2 Å². The van der Waals surface area contributed by atoms with Crippen LogP contribution in [0.5, 0.6) is 5.75 Å². The van der Waals surface area contributed by atoms with Gasteiger partial charge in [0, 0.05) is 37.8 Å². The largest absolute Gasteiger partial charge is 0.497 e. The van der Waals surface area contributed by atoms with Crippen molar-refractivity contribution in [2.45, 2.75) is 50.9 Å². The van der Waals surface area contributed by atoms with Gasteiger partial charge in [0.1, 0.15) is 5.75 Å². The summed E-state index contributed by atoms with van der Waals surface area (Å²) < 4.78 is 5.28. The van der Waals surface area contributed by atoms with E-state index in [9.17, 15) is 9.59 Å². The van der Waals surface area contributed by atoms with E-state index < -0.39 is 0 Å². The van der Waals surface area contributed by atoms with Crippen LogP contribution in [0.25, 0.3) is 0 Å². The minimum Gasteiger partial charge on any atom is -0.497 e. The third-order valence-electron chi connectivity index (χ3n) is 7.97. The van der Waals surface area contributed by atoms with E-state index in [1.165, 1.54) is 22.7 Å². The molecule has 1 N–H and O–H groups in total. The van der Waals surface area contributed by atoms with E-state index in [0.717, 1.165) is 42.7 Å². The van der Waals surface area contributed by atoms with Crippen LogP contribution in [-0.2, 0) is 16.0 Å². The van der Waals surface area contributed by atoms with Gasteiger partial charge < -0.3 is 9.72 Å². The highest BCUT2D eigenvalue weighted by atomic mass is 16.5. The zero-order chi connectivity index (χ0) is 22.6. The van der Waals surface area contributed by atoms with Crippen molar-refractivity contribution in [3.8, 4) is 5.75 Å². The van der Waals surface area contributed by atoms with Crippen LogP contribution in [0.2, 0.25) is 0 Å². The molecular formula is C26H33N3O3. The van der Waals surface area contributed by atoms with Crippen molar-refractivity contribution in [1.82, 2.24) is 15.0 Å². The summed E-state index contributed by atoms with van der Waals surface area (Å²) in [6, 6.07) is 10.3. The number of imide groups is 1. The molecule has 1 saturated heterocycles. The Bertz CT molecular complexity index is 1030. The van der Waals surface area contributed by atoms with Gasteiger partial charge in [-0.25, -0.2) is 10.0 Å². The topological polar surface area (TPSA) is 65.6 Å². The normalized spacial score (nSPS) is 29.2. The molecular weight excluding hydrogens is 402 g/mol. The maximum atomic E-state index is 13.5. The summed E-state index contributed by atoms with van der Waals surface area (Å²) in [6.45, 7) is 2.24. The SMILES string of the molecule is CCC1CC[C@H]2c3[nH]c(Cc4ccc(OC)cc4)cc3[C@H]3C(=O)N(N(C)C)C(=O)[C@H]3[C@H]2C1. The number of aromatic nitrogens is 1. The lowest BCUT2D eigenvalue weighted by molar-refractivity contribution is -0.154. The minimum absolute atomic E-state index is 0.0136. The summed E-state index contributed by atoms with van der Waals surface area (Å²) in [5.41, 5.74) is 4.56. The standard InChI is InChI=1S/C26H33N3O3/c1-5-15-8-11-19-20(13-15)22-23(26(31)29(25(22)30)28(2)3)21-14-17(27-24(19)21)12-16-6-9-18(32-4)10-7-16/h6-7,9-10,14-15,19-20,22-23,27H,5,8,11-13H2,1-4H3/t15?,19-,20+,22+,23-/m1/s1. The number of benzene rings is 1. The highest BCUT2D eigenvalue weighted by Crippen LogP contribution is 2.57. The monoisotopic (exact) mass is 435 g/mol. The number of hydrogen-bond acceptors (Lipinski definition) is 4. The highest BCUT2D eigenvalue weighted by Gasteiger charge is 2.58. The van der Waals surface area contributed by atoms with Crippen LogP contribution in [-0.4, -0.2) is 48.0 Å². The Morgan fingerprint density at radius 3 is 2.53 bits per heavy atom. The van der Waals surface area contributed by atoms with E-state index in [1.807, 2.05) is 12.1 Å². The summed E-state index contributed by atoms with van der Waals surface area (Å²) in [5, 5.41) is 3.04. The second-order valence-electron chi connectivity index (χ2n) is 9.89. The Balaban J connectivity index is 1.54. The number of nitrogens with zero attached hydrogens (tertiary/aromatic N) is 2. The van der Waals surface area contributed by atoms with Gasteiger partial charge in [-0.3, -0.25) is 9.59 Å². The number of carbonyl (C=O) groups is 2. The molecule has 0 bridgehead atoms. The van der Waals surface area contributed by atoms with Gasteiger partial charge in [-0.05, 0) is 60.4 Å². The van der Waals surface area contributed by atoms with Crippen molar-refractivity contribution in [3.63, 3.8) is 0 Å². The molecule has 170 valence electrons. The Morgan fingerprint density at radius 1 is 1.12 bits per heavy atom.